The van der Waals surface area contributed by atoms with Crippen LogP contribution in [-0.4, -0.2) is 13.3 Å². The second kappa shape index (κ2) is 9.75. The molecule has 0 bridgehead atoms. The molecule has 0 heterocycles. The van der Waals surface area contributed by atoms with Gasteiger partial charge in [0, 0.05) is 0 Å². The monoisotopic (exact) mass is 294 g/mol. The summed E-state index contributed by atoms with van der Waals surface area (Å²) in [6.45, 7) is 0. The molecule has 0 radical (unpaired) electrons. The zero-order chi connectivity index (χ0) is 3.58. The molecule has 0 N–H and O–H groups in total. The van der Waals surface area contributed by atoms with Gasteiger partial charge in [0.15, 0.2) is 0 Å². The van der Waals surface area contributed by atoms with Crippen molar-refractivity contribution in [2.45, 2.75) is 0 Å². The fourth-order valence-corrected chi connectivity index (χ4v) is 0. The Balaban J connectivity index is -0.0000000450. The smallest absolute Gasteiger partial charge is 0.784 e. The van der Waals surface area contributed by atoms with Gasteiger partial charge in [0.25, 0.3) is 0 Å². The van der Waals surface area contributed by atoms with E-state index in [1.807, 2.05) is 0 Å². The Morgan fingerprint density at radius 3 is 1.17 bits per heavy atom. The van der Waals surface area contributed by atoms with Crippen LogP contribution in [0.1, 0.15) is 0 Å². The number of hydrogen-bond donors (Lipinski definition) is 0. The first kappa shape index (κ1) is 15.6. The van der Waals surface area contributed by atoms with Gasteiger partial charge in [-0.3, -0.25) is 4.21 Å². The molecule has 0 aromatic carbocycles. The van der Waals surface area contributed by atoms with Crippen molar-refractivity contribution in [2.24, 2.45) is 0 Å². The molecule has 0 aromatic rings. The van der Waals surface area contributed by atoms with Crippen LogP contribution in [-0.2, 0) is 56.1 Å². The van der Waals surface area contributed by atoms with Gasteiger partial charge in [-0.2, -0.15) is 0 Å². The predicted octanol–water partition coefficient (Wildman–Crippen LogP) is -1.01. The Bertz CT molecular complexity index is 31.8. The van der Waals surface area contributed by atoms with Crippen LogP contribution < -0.4 is 0 Å². The molecule has 0 amide bonds. The van der Waals surface area contributed by atoms with Gasteiger partial charge in [-0.1, -0.05) is 0 Å². The third-order valence-corrected chi connectivity index (χ3v) is 0. The summed E-state index contributed by atoms with van der Waals surface area (Å²) in [5.41, 5.74) is 0. The third-order valence-electron chi connectivity index (χ3n) is 0. The largest absolute Gasteiger partial charge is 1.00 e. The predicted molar refractivity (Wildman–Crippen MR) is 9.70 cm³/mol. The molecule has 3 nitrogen and oxygen atoms in total. The number of hydrogen-bond acceptors (Lipinski definition) is 3. The molecule has 0 aliphatic rings. The second-order valence-electron chi connectivity index (χ2n) is 0.204. The van der Waals surface area contributed by atoms with Crippen LogP contribution in [0.25, 0.3) is 0 Å². The Morgan fingerprint density at radius 1 is 1.17 bits per heavy atom. The molecule has 0 fully saturated rings. The van der Waals surface area contributed by atoms with E-state index in [2.05, 4.69) is 0 Å². The molecule has 0 aliphatic heterocycles. The zero-order valence-corrected chi connectivity index (χ0v) is 6.02. The fraction of sp³-hybridized carbons (Fsp3) is 0. The molecule has 0 aromatic heterocycles. The van der Waals surface area contributed by atoms with Crippen molar-refractivity contribution in [3.8, 4) is 0 Å². The van der Waals surface area contributed by atoms with Gasteiger partial charge >= 0.3 is 44.8 Å². The van der Waals surface area contributed by atoms with Gasteiger partial charge in [0.05, 0.1) is 0 Å². The first-order chi connectivity index (χ1) is 1.73. The van der Waals surface area contributed by atoms with Gasteiger partial charge in [-0.05, 0) is 0 Å². The SMILES string of the molecule is O=S([O-])[O-].[Ag+].[Ag+]. The Kier molecular flexibility index (Phi) is 25.4. The topological polar surface area (TPSA) is 63.2 Å². The van der Waals surface area contributed by atoms with Crippen LogP contribution in [0.3, 0.4) is 0 Å². The molecular formula is Ag2O3S. The van der Waals surface area contributed by atoms with E-state index < -0.39 is 11.4 Å². The van der Waals surface area contributed by atoms with Gasteiger partial charge < -0.3 is 9.11 Å². The number of rotatable bonds is 0. The summed E-state index contributed by atoms with van der Waals surface area (Å²) in [5, 5.41) is 0. The summed E-state index contributed by atoms with van der Waals surface area (Å²) >= 11 is -3.11. The third kappa shape index (κ3) is 47.8. The van der Waals surface area contributed by atoms with E-state index in [1.54, 1.807) is 0 Å². The first-order valence-electron chi connectivity index (χ1n) is 0.500. The van der Waals surface area contributed by atoms with Crippen molar-refractivity contribution in [2.75, 3.05) is 0 Å². The molecule has 6 heavy (non-hydrogen) atoms. The van der Waals surface area contributed by atoms with Gasteiger partial charge in [-0.15, -0.1) is 11.4 Å². The van der Waals surface area contributed by atoms with Crippen molar-refractivity contribution < 1.29 is 58.1 Å². The van der Waals surface area contributed by atoms with Crippen LogP contribution in [0.15, 0.2) is 0 Å². The summed E-state index contributed by atoms with van der Waals surface area (Å²) in [6, 6.07) is 0. The van der Waals surface area contributed by atoms with Crippen molar-refractivity contribution in [1.82, 2.24) is 0 Å². The van der Waals surface area contributed by atoms with Crippen molar-refractivity contribution in [3.63, 3.8) is 0 Å². The van der Waals surface area contributed by atoms with Crippen molar-refractivity contribution in [1.29, 1.82) is 0 Å². The fourth-order valence-electron chi connectivity index (χ4n) is 0. The van der Waals surface area contributed by atoms with Gasteiger partial charge in [0.2, 0.25) is 0 Å². The standard InChI is InChI=1S/2Ag.H2O3S/c;;1-4(2)3/h;;(H2,1,2,3)/q2*+1;/p-2. The van der Waals surface area contributed by atoms with Crippen molar-refractivity contribution in [3.05, 3.63) is 0 Å². The average molecular weight is 296 g/mol. The normalized spacial score (nSPS) is 5.83. The zero-order valence-electron chi connectivity index (χ0n) is 2.24. The molecule has 0 saturated heterocycles. The first-order valence-corrected chi connectivity index (χ1v) is 1.50. The Labute approximate surface area is 69.0 Å². The minimum absolute atomic E-state index is 0. The van der Waals surface area contributed by atoms with Crippen LogP contribution in [0.2, 0.25) is 0 Å². The quantitative estimate of drug-likeness (QED) is 0.425. The summed E-state index contributed by atoms with van der Waals surface area (Å²) in [5.74, 6) is 0. The molecule has 0 rings (SSSR count). The maximum atomic E-state index is 8.44. The van der Waals surface area contributed by atoms with Crippen LogP contribution >= 0.6 is 0 Å². The van der Waals surface area contributed by atoms with E-state index in [0.717, 1.165) is 0 Å². The van der Waals surface area contributed by atoms with E-state index >= 15 is 0 Å². The maximum absolute atomic E-state index is 8.44. The Morgan fingerprint density at radius 2 is 1.17 bits per heavy atom. The van der Waals surface area contributed by atoms with Crippen molar-refractivity contribution >= 4 is 11.4 Å². The molecule has 0 atom stereocenters. The average Bonchev–Trinajstić information content (AvgIpc) is 0.811. The molecule has 0 unspecified atom stereocenters. The molecule has 46 valence electrons. The molecule has 0 saturated carbocycles. The summed E-state index contributed by atoms with van der Waals surface area (Å²) in [4.78, 5) is 0. The van der Waals surface area contributed by atoms with Crippen LogP contribution in [0, 0.1) is 0 Å². The summed E-state index contributed by atoms with van der Waals surface area (Å²) < 4.78 is 25.3. The Hall–Kier alpha value is 1.55. The van der Waals surface area contributed by atoms with Crippen LogP contribution in [0.4, 0.5) is 0 Å². The molecule has 0 spiro atoms. The second-order valence-corrected chi connectivity index (χ2v) is 0.612. The minimum Gasteiger partial charge on any atom is -0.784 e. The van der Waals surface area contributed by atoms with Crippen LogP contribution in [0.5, 0.6) is 0 Å². The summed E-state index contributed by atoms with van der Waals surface area (Å²) in [7, 11) is 0. The molecule has 6 heteroatoms. The molecular weight excluding hydrogens is 296 g/mol. The molecule has 0 aliphatic carbocycles. The van der Waals surface area contributed by atoms with E-state index in [4.69, 9.17) is 13.3 Å². The summed E-state index contributed by atoms with van der Waals surface area (Å²) in [6.07, 6.45) is 0. The maximum Gasteiger partial charge on any atom is 1.00 e. The minimum atomic E-state index is -3.11. The van der Waals surface area contributed by atoms with Gasteiger partial charge in [-0.25, -0.2) is 0 Å². The van der Waals surface area contributed by atoms with E-state index in [1.165, 1.54) is 0 Å². The van der Waals surface area contributed by atoms with E-state index in [0.29, 0.717) is 0 Å². The van der Waals surface area contributed by atoms with E-state index in [9.17, 15) is 0 Å². The van der Waals surface area contributed by atoms with E-state index in [-0.39, 0.29) is 44.8 Å². The van der Waals surface area contributed by atoms with Gasteiger partial charge in [0.1, 0.15) is 0 Å².